The number of hydrogen-bond acceptors (Lipinski definition) is 4. The van der Waals surface area contributed by atoms with Gasteiger partial charge in [-0.3, -0.25) is 0 Å². The van der Waals surface area contributed by atoms with E-state index in [0.29, 0.717) is 16.9 Å². The predicted molar refractivity (Wildman–Crippen MR) is 95.9 cm³/mol. The van der Waals surface area contributed by atoms with Crippen LogP contribution in [-0.2, 0) is 0 Å². The number of nitriles is 1. The quantitative estimate of drug-likeness (QED) is 0.438. The van der Waals surface area contributed by atoms with Gasteiger partial charge >= 0.3 is 0 Å². The molecule has 0 bridgehead atoms. The van der Waals surface area contributed by atoms with Gasteiger partial charge < -0.3 is 0 Å². The molecule has 5 nitrogen and oxygen atoms in total. The van der Waals surface area contributed by atoms with Crippen LogP contribution in [0.15, 0.2) is 66.7 Å². The third-order valence-electron chi connectivity index (χ3n) is 4.37. The third kappa shape index (κ3) is 1.91. The Morgan fingerprint density at radius 3 is 2.48 bits per heavy atom. The van der Waals surface area contributed by atoms with Gasteiger partial charge in [-0.15, -0.1) is 10.2 Å². The molecule has 0 radical (unpaired) electrons. The molecule has 0 aliphatic rings. The largest absolute Gasteiger partial charge is 0.209 e. The first-order valence-corrected chi connectivity index (χ1v) is 7.89. The molecule has 0 aliphatic heterocycles. The van der Waals surface area contributed by atoms with E-state index < -0.39 is 0 Å². The van der Waals surface area contributed by atoms with Gasteiger partial charge in [0.2, 0.25) is 0 Å². The van der Waals surface area contributed by atoms with Crippen molar-refractivity contribution in [3.63, 3.8) is 0 Å². The summed E-state index contributed by atoms with van der Waals surface area (Å²) < 4.78 is 1.72. The summed E-state index contributed by atoms with van der Waals surface area (Å²) in [5.74, 6) is 0. The van der Waals surface area contributed by atoms with Crippen LogP contribution >= 0.6 is 0 Å². The minimum Gasteiger partial charge on any atom is -0.209 e. The van der Waals surface area contributed by atoms with Gasteiger partial charge in [0.05, 0.1) is 5.52 Å². The van der Waals surface area contributed by atoms with E-state index >= 15 is 0 Å². The van der Waals surface area contributed by atoms with E-state index in [1.165, 1.54) is 0 Å². The van der Waals surface area contributed by atoms with Crippen molar-refractivity contribution in [2.45, 2.75) is 0 Å². The van der Waals surface area contributed by atoms with E-state index in [2.05, 4.69) is 21.4 Å². The maximum atomic E-state index is 9.64. The van der Waals surface area contributed by atoms with E-state index in [4.69, 9.17) is 0 Å². The monoisotopic (exact) mass is 321 g/mol. The van der Waals surface area contributed by atoms with Gasteiger partial charge in [-0.05, 0) is 11.5 Å². The first-order chi connectivity index (χ1) is 12.4. The van der Waals surface area contributed by atoms with Crippen molar-refractivity contribution in [3.05, 3.63) is 72.3 Å². The molecule has 0 fully saturated rings. The van der Waals surface area contributed by atoms with Crippen LogP contribution in [0.5, 0.6) is 0 Å². The molecule has 2 aromatic heterocycles. The second-order valence-corrected chi connectivity index (χ2v) is 5.79. The number of fused-ring (bicyclic) bond motifs is 5. The number of benzene rings is 3. The number of aromatic nitrogens is 4. The molecule has 0 saturated carbocycles. The van der Waals surface area contributed by atoms with Crippen molar-refractivity contribution >= 4 is 27.5 Å². The van der Waals surface area contributed by atoms with E-state index in [1.54, 1.807) is 4.52 Å². The maximum absolute atomic E-state index is 9.64. The van der Waals surface area contributed by atoms with Crippen LogP contribution in [0.3, 0.4) is 0 Å². The normalized spacial score (nSPS) is 11.2. The fourth-order valence-corrected chi connectivity index (χ4v) is 3.19. The second-order valence-electron chi connectivity index (χ2n) is 5.79. The zero-order chi connectivity index (χ0) is 16.8. The molecular formula is C20H11N5. The van der Waals surface area contributed by atoms with Crippen LogP contribution in [0.4, 0.5) is 0 Å². The molecule has 5 heteroatoms. The van der Waals surface area contributed by atoms with E-state index in [0.717, 1.165) is 27.4 Å². The number of rotatable bonds is 1. The average molecular weight is 321 g/mol. The smallest absolute Gasteiger partial charge is 0.196 e. The van der Waals surface area contributed by atoms with Crippen molar-refractivity contribution in [3.8, 4) is 17.3 Å². The highest BCUT2D eigenvalue weighted by Gasteiger charge is 2.18. The second kappa shape index (κ2) is 5.11. The van der Waals surface area contributed by atoms with Gasteiger partial charge in [0.25, 0.3) is 0 Å². The van der Waals surface area contributed by atoms with Gasteiger partial charge in [0, 0.05) is 10.9 Å². The summed E-state index contributed by atoms with van der Waals surface area (Å²) >= 11 is 0. The molecule has 116 valence electrons. The lowest BCUT2D eigenvalue weighted by atomic mass is 10.1. The summed E-state index contributed by atoms with van der Waals surface area (Å²) in [6, 6.07) is 23.9. The summed E-state index contributed by atoms with van der Waals surface area (Å²) in [7, 11) is 0. The van der Waals surface area contributed by atoms with E-state index in [-0.39, 0.29) is 0 Å². The fourth-order valence-electron chi connectivity index (χ4n) is 3.19. The lowest BCUT2D eigenvalue weighted by Gasteiger charge is -2.03. The van der Waals surface area contributed by atoms with Crippen LogP contribution in [0.25, 0.3) is 38.7 Å². The molecule has 3 aromatic carbocycles. The summed E-state index contributed by atoms with van der Waals surface area (Å²) in [5.41, 5.74) is 4.04. The van der Waals surface area contributed by atoms with Crippen LogP contribution in [0.2, 0.25) is 0 Å². The lowest BCUT2D eigenvalue weighted by molar-refractivity contribution is 0.947. The van der Waals surface area contributed by atoms with Gasteiger partial charge in [0.15, 0.2) is 5.65 Å². The molecule has 2 heterocycles. The fraction of sp³-hybridized carbons (Fsp3) is 0. The Hall–Kier alpha value is -3.78. The van der Waals surface area contributed by atoms with E-state index in [9.17, 15) is 5.26 Å². The topological polar surface area (TPSA) is 66.9 Å². The van der Waals surface area contributed by atoms with Crippen molar-refractivity contribution in [1.29, 1.82) is 5.26 Å². The molecule has 0 saturated heterocycles. The molecule has 5 rings (SSSR count). The predicted octanol–water partition coefficient (Wildman–Crippen LogP) is 3.97. The van der Waals surface area contributed by atoms with Crippen molar-refractivity contribution in [2.24, 2.45) is 0 Å². The zero-order valence-corrected chi connectivity index (χ0v) is 13.1. The first-order valence-electron chi connectivity index (χ1n) is 7.89. The number of hydrogen-bond donors (Lipinski definition) is 0. The molecule has 0 spiro atoms. The molecule has 0 atom stereocenters. The summed E-state index contributed by atoms with van der Waals surface area (Å²) in [5, 5.41) is 25.1. The Balaban J connectivity index is 1.93. The molecule has 0 N–H and O–H groups in total. The zero-order valence-electron chi connectivity index (χ0n) is 13.1. The highest BCUT2D eigenvalue weighted by atomic mass is 15.3. The van der Waals surface area contributed by atoms with Crippen LogP contribution < -0.4 is 0 Å². The molecule has 0 unspecified atom stereocenters. The van der Waals surface area contributed by atoms with Gasteiger partial charge in [-0.25, -0.2) is 4.52 Å². The molecule has 0 aliphatic carbocycles. The Morgan fingerprint density at radius 2 is 1.64 bits per heavy atom. The van der Waals surface area contributed by atoms with Gasteiger partial charge in [0.1, 0.15) is 22.8 Å². The maximum Gasteiger partial charge on any atom is 0.196 e. The SMILES string of the molecule is N#Cc1c(-c2ccccc2)nn2c1nnc1c3ccccc3ccc12. The molecule has 25 heavy (non-hydrogen) atoms. The van der Waals surface area contributed by atoms with Crippen LogP contribution in [-0.4, -0.2) is 19.8 Å². The Labute approximate surface area is 142 Å². The van der Waals surface area contributed by atoms with Crippen molar-refractivity contribution in [2.75, 3.05) is 0 Å². The van der Waals surface area contributed by atoms with E-state index in [1.807, 2.05) is 66.7 Å². The molecule has 5 aromatic rings. The Morgan fingerprint density at radius 1 is 0.840 bits per heavy atom. The van der Waals surface area contributed by atoms with Crippen molar-refractivity contribution < 1.29 is 0 Å². The van der Waals surface area contributed by atoms with Crippen molar-refractivity contribution in [1.82, 2.24) is 19.8 Å². The highest BCUT2D eigenvalue weighted by Crippen LogP contribution is 2.28. The first kappa shape index (κ1) is 13.6. The lowest BCUT2D eigenvalue weighted by Crippen LogP contribution is -1.97. The van der Waals surface area contributed by atoms with Crippen LogP contribution in [0.1, 0.15) is 5.56 Å². The van der Waals surface area contributed by atoms with Gasteiger partial charge in [-0.2, -0.15) is 10.4 Å². The molecule has 0 amide bonds. The summed E-state index contributed by atoms with van der Waals surface area (Å²) in [6.45, 7) is 0. The van der Waals surface area contributed by atoms with Gasteiger partial charge in [-0.1, -0.05) is 60.7 Å². The summed E-state index contributed by atoms with van der Waals surface area (Å²) in [6.07, 6.45) is 0. The average Bonchev–Trinajstić information content (AvgIpc) is 3.07. The standard InChI is InChI=1S/C20H11N5/c21-12-16-18(14-7-2-1-3-8-14)24-25-17-11-10-13-6-4-5-9-15(13)19(17)22-23-20(16)25/h1-11H. The minimum absolute atomic E-state index is 0.439. The highest BCUT2D eigenvalue weighted by molar-refractivity contribution is 6.04. The van der Waals surface area contributed by atoms with Crippen LogP contribution in [0, 0.1) is 11.3 Å². The number of nitrogens with zero attached hydrogens (tertiary/aromatic N) is 5. The molecular weight excluding hydrogens is 310 g/mol. The Kier molecular flexibility index (Phi) is 2.79. The summed E-state index contributed by atoms with van der Waals surface area (Å²) in [4.78, 5) is 0. The minimum atomic E-state index is 0.439. The Bertz CT molecular complexity index is 1300. The third-order valence-corrected chi connectivity index (χ3v) is 4.37.